The van der Waals surface area contributed by atoms with Crippen molar-refractivity contribution in [2.45, 2.75) is 25.7 Å². The Morgan fingerprint density at radius 1 is 1.25 bits per heavy atom. The zero-order chi connectivity index (χ0) is 14.4. The van der Waals surface area contributed by atoms with Crippen LogP contribution in [0.1, 0.15) is 24.8 Å². The predicted molar refractivity (Wildman–Crippen MR) is 75.7 cm³/mol. The van der Waals surface area contributed by atoms with Crippen molar-refractivity contribution in [2.75, 3.05) is 33.4 Å². The number of halogens is 2. The van der Waals surface area contributed by atoms with Crippen LogP contribution in [0.5, 0.6) is 0 Å². The third-order valence-electron chi connectivity index (χ3n) is 3.96. The van der Waals surface area contributed by atoms with Gasteiger partial charge in [-0.05, 0) is 49.4 Å². The molecule has 0 amide bonds. The van der Waals surface area contributed by atoms with Crippen LogP contribution in [0, 0.1) is 17.6 Å². The van der Waals surface area contributed by atoms with E-state index in [0.29, 0.717) is 5.92 Å². The van der Waals surface area contributed by atoms with Crippen LogP contribution in [0.2, 0.25) is 0 Å². The number of hydrogen-bond acceptors (Lipinski definition) is 2. The lowest BCUT2D eigenvalue weighted by Crippen LogP contribution is -2.32. The summed E-state index contributed by atoms with van der Waals surface area (Å²) in [5.41, 5.74) is 0.858. The van der Waals surface area contributed by atoms with E-state index in [1.54, 1.807) is 13.2 Å². The maximum Gasteiger partial charge on any atom is 0.159 e. The van der Waals surface area contributed by atoms with E-state index >= 15 is 0 Å². The maximum absolute atomic E-state index is 13.2. The molecule has 1 aromatic rings. The van der Waals surface area contributed by atoms with Crippen molar-refractivity contribution in [1.29, 1.82) is 0 Å². The van der Waals surface area contributed by atoms with Gasteiger partial charge >= 0.3 is 0 Å². The van der Waals surface area contributed by atoms with E-state index in [-0.39, 0.29) is 0 Å². The van der Waals surface area contributed by atoms with E-state index in [1.807, 2.05) is 0 Å². The summed E-state index contributed by atoms with van der Waals surface area (Å²) in [4.78, 5) is 2.41. The van der Waals surface area contributed by atoms with Gasteiger partial charge in [-0.2, -0.15) is 0 Å². The quantitative estimate of drug-likeness (QED) is 0.822. The Hall–Kier alpha value is -1.00. The molecule has 1 fully saturated rings. The predicted octanol–water partition coefficient (Wildman–Crippen LogP) is 3.26. The van der Waals surface area contributed by atoms with Crippen LogP contribution in [0.4, 0.5) is 8.78 Å². The van der Waals surface area contributed by atoms with Crippen LogP contribution in [-0.4, -0.2) is 38.3 Å². The number of nitrogens with zero attached hydrogens (tertiary/aromatic N) is 1. The molecule has 1 aliphatic rings. The average molecular weight is 283 g/mol. The SMILES string of the molecule is COCC1CCCCN(CCc2ccc(F)c(F)c2)C1. The number of likely N-dealkylation sites (tertiary alicyclic amines) is 1. The fraction of sp³-hybridized carbons (Fsp3) is 0.625. The number of methoxy groups -OCH3 is 1. The highest BCUT2D eigenvalue weighted by Gasteiger charge is 2.17. The minimum Gasteiger partial charge on any atom is -0.384 e. The van der Waals surface area contributed by atoms with Crippen LogP contribution < -0.4 is 0 Å². The first-order valence-electron chi connectivity index (χ1n) is 7.34. The minimum absolute atomic E-state index is 0.590. The topological polar surface area (TPSA) is 12.5 Å². The van der Waals surface area contributed by atoms with Crippen LogP contribution in [0.3, 0.4) is 0 Å². The Bertz CT molecular complexity index is 425. The molecule has 1 aromatic carbocycles. The maximum atomic E-state index is 13.2. The van der Waals surface area contributed by atoms with Gasteiger partial charge in [0.05, 0.1) is 6.61 Å². The summed E-state index contributed by atoms with van der Waals surface area (Å²) in [7, 11) is 1.75. The van der Waals surface area contributed by atoms with E-state index < -0.39 is 11.6 Å². The second-order valence-electron chi connectivity index (χ2n) is 5.62. The summed E-state index contributed by atoms with van der Waals surface area (Å²) in [6.45, 7) is 3.83. The van der Waals surface area contributed by atoms with Gasteiger partial charge < -0.3 is 9.64 Å². The molecular formula is C16H23F2NO. The van der Waals surface area contributed by atoms with E-state index in [1.165, 1.54) is 31.4 Å². The lowest BCUT2D eigenvalue weighted by Gasteiger charge is -2.23. The van der Waals surface area contributed by atoms with Gasteiger partial charge in [-0.25, -0.2) is 8.78 Å². The minimum atomic E-state index is -0.774. The fourth-order valence-electron chi connectivity index (χ4n) is 2.87. The molecule has 0 radical (unpaired) electrons. The monoisotopic (exact) mass is 283 g/mol. The van der Waals surface area contributed by atoms with Gasteiger partial charge in [-0.3, -0.25) is 0 Å². The molecule has 0 spiro atoms. The van der Waals surface area contributed by atoms with Crippen molar-refractivity contribution in [3.05, 3.63) is 35.4 Å². The van der Waals surface area contributed by atoms with Gasteiger partial charge in [0, 0.05) is 20.2 Å². The van der Waals surface area contributed by atoms with Crippen LogP contribution in [0.25, 0.3) is 0 Å². The Labute approximate surface area is 119 Å². The fourth-order valence-corrected chi connectivity index (χ4v) is 2.87. The van der Waals surface area contributed by atoms with Gasteiger partial charge in [0.2, 0.25) is 0 Å². The highest BCUT2D eigenvalue weighted by Crippen LogP contribution is 2.17. The van der Waals surface area contributed by atoms with Gasteiger partial charge in [-0.15, -0.1) is 0 Å². The Balaban J connectivity index is 1.86. The van der Waals surface area contributed by atoms with Crippen LogP contribution >= 0.6 is 0 Å². The molecule has 112 valence electrons. The first kappa shape index (κ1) is 15.4. The Kier molecular flexibility index (Phi) is 5.92. The summed E-state index contributed by atoms with van der Waals surface area (Å²) in [5, 5.41) is 0. The van der Waals surface area contributed by atoms with E-state index in [2.05, 4.69) is 4.90 Å². The molecule has 20 heavy (non-hydrogen) atoms. The van der Waals surface area contributed by atoms with Crippen molar-refractivity contribution in [1.82, 2.24) is 4.90 Å². The number of benzene rings is 1. The first-order valence-corrected chi connectivity index (χ1v) is 7.34. The largest absolute Gasteiger partial charge is 0.384 e. The molecule has 1 aliphatic heterocycles. The van der Waals surface area contributed by atoms with Crippen molar-refractivity contribution >= 4 is 0 Å². The second-order valence-corrected chi connectivity index (χ2v) is 5.62. The number of ether oxygens (including phenoxy) is 1. The lowest BCUT2D eigenvalue weighted by molar-refractivity contribution is 0.126. The summed E-state index contributed by atoms with van der Waals surface area (Å²) in [6.07, 6.45) is 4.43. The summed E-state index contributed by atoms with van der Waals surface area (Å²) in [6, 6.07) is 4.18. The molecule has 0 aromatic heterocycles. The lowest BCUT2D eigenvalue weighted by atomic mass is 10.0. The third kappa shape index (κ3) is 4.53. The van der Waals surface area contributed by atoms with Gasteiger partial charge in [-0.1, -0.05) is 12.5 Å². The molecule has 4 heteroatoms. The van der Waals surface area contributed by atoms with Crippen molar-refractivity contribution in [3.63, 3.8) is 0 Å². The second kappa shape index (κ2) is 7.70. The van der Waals surface area contributed by atoms with E-state index in [4.69, 9.17) is 4.74 Å². The Morgan fingerprint density at radius 2 is 2.10 bits per heavy atom. The highest BCUT2D eigenvalue weighted by atomic mass is 19.2. The summed E-state index contributed by atoms with van der Waals surface area (Å²) >= 11 is 0. The smallest absolute Gasteiger partial charge is 0.159 e. The third-order valence-corrected chi connectivity index (χ3v) is 3.96. The highest BCUT2D eigenvalue weighted by molar-refractivity contribution is 5.18. The summed E-state index contributed by atoms with van der Waals surface area (Å²) < 4.78 is 31.3. The standard InChI is InChI=1S/C16H23F2NO/c1-20-12-14-4-2-3-8-19(11-14)9-7-13-5-6-15(17)16(18)10-13/h5-6,10,14H,2-4,7-9,11-12H2,1H3. The molecule has 1 unspecified atom stereocenters. The molecule has 1 saturated heterocycles. The normalized spacial score (nSPS) is 20.9. The average Bonchev–Trinajstić information content (AvgIpc) is 2.66. The number of hydrogen-bond donors (Lipinski definition) is 0. The van der Waals surface area contributed by atoms with Crippen LogP contribution in [-0.2, 0) is 11.2 Å². The molecule has 2 nitrogen and oxygen atoms in total. The van der Waals surface area contributed by atoms with Gasteiger partial charge in [0.25, 0.3) is 0 Å². The van der Waals surface area contributed by atoms with Gasteiger partial charge in [0.1, 0.15) is 0 Å². The van der Waals surface area contributed by atoms with Gasteiger partial charge in [0.15, 0.2) is 11.6 Å². The molecule has 2 rings (SSSR count). The van der Waals surface area contributed by atoms with Crippen molar-refractivity contribution in [2.24, 2.45) is 5.92 Å². The van der Waals surface area contributed by atoms with Crippen LogP contribution in [0.15, 0.2) is 18.2 Å². The molecular weight excluding hydrogens is 260 g/mol. The van der Waals surface area contributed by atoms with Crippen molar-refractivity contribution in [3.8, 4) is 0 Å². The molecule has 0 aliphatic carbocycles. The number of rotatable bonds is 5. The van der Waals surface area contributed by atoms with E-state index in [9.17, 15) is 8.78 Å². The van der Waals surface area contributed by atoms with Crippen molar-refractivity contribution < 1.29 is 13.5 Å². The summed E-state index contributed by atoms with van der Waals surface area (Å²) in [5.74, 6) is -0.938. The molecule has 0 saturated carbocycles. The Morgan fingerprint density at radius 3 is 2.85 bits per heavy atom. The molecule has 0 N–H and O–H groups in total. The zero-order valence-corrected chi connectivity index (χ0v) is 12.1. The molecule has 0 bridgehead atoms. The molecule has 1 heterocycles. The zero-order valence-electron chi connectivity index (χ0n) is 12.1. The first-order chi connectivity index (χ1) is 9.69. The van der Waals surface area contributed by atoms with E-state index in [0.717, 1.165) is 38.2 Å². The molecule has 1 atom stereocenters.